The third-order valence-corrected chi connectivity index (χ3v) is 0. The van der Waals surface area contributed by atoms with Crippen LogP contribution in [0.1, 0.15) is 0 Å². The van der Waals surface area contributed by atoms with Crippen molar-refractivity contribution < 1.29 is 82.3 Å². The Morgan fingerprint density at radius 1 is 0.833 bits per heavy atom. The summed E-state index contributed by atoms with van der Waals surface area (Å²) in [4.78, 5) is 0. The maximum absolute atomic E-state index is 8.58. The van der Waals surface area contributed by atoms with Crippen LogP contribution in [-0.4, -0.2) is 0 Å². The zero-order valence-corrected chi connectivity index (χ0v) is 7.72. The van der Waals surface area contributed by atoms with E-state index in [1.165, 1.54) is 0 Å². The van der Waals surface area contributed by atoms with E-state index in [0.717, 1.165) is 0 Å². The van der Waals surface area contributed by atoms with Gasteiger partial charge >= 0.3 is 51.4 Å². The van der Waals surface area contributed by atoms with Crippen molar-refractivity contribution in [3.8, 4) is 0 Å². The van der Waals surface area contributed by atoms with Gasteiger partial charge in [-0.3, -0.25) is 16.8 Å². The molecular formula is BrKO4. The average Bonchev–Trinajstić information content (AvgIpc) is 0.722. The van der Waals surface area contributed by atoms with Crippen molar-refractivity contribution in [3.63, 3.8) is 0 Å². The van der Waals surface area contributed by atoms with Crippen molar-refractivity contribution in [1.82, 2.24) is 0 Å². The smallest absolute Gasteiger partial charge is 0.264 e. The van der Waals surface area contributed by atoms with E-state index in [-0.39, 0.29) is 51.4 Å². The van der Waals surface area contributed by atoms with Gasteiger partial charge in [0.25, 0.3) is 0 Å². The molecule has 0 unspecified atom stereocenters. The fraction of sp³-hybridized carbons (Fsp3) is 0. The molecule has 0 aromatic heterocycles. The summed E-state index contributed by atoms with van der Waals surface area (Å²) in [6.45, 7) is 0. The van der Waals surface area contributed by atoms with Crippen molar-refractivity contribution >= 4 is 0 Å². The molecule has 0 fully saturated rings. The Kier molecular flexibility index (Phi) is 7.05. The molecule has 0 saturated carbocycles. The van der Waals surface area contributed by atoms with E-state index in [1.807, 2.05) is 0 Å². The first kappa shape index (κ1) is 10.9. The molecule has 0 aliphatic carbocycles. The van der Waals surface area contributed by atoms with Gasteiger partial charge in [0, 0.05) is 0 Å². The van der Waals surface area contributed by atoms with Crippen LogP contribution in [0.4, 0.5) is 0 Å². The maximum Gasteiger partial charge on any atom is 1.00 e. The Bertz CT molecular complexity index is 23.0. The van der Waals surface area contributed by atoms with Gasteiger partial charge in [0.2, 0.25) is 0 Å². The Hall–Kier alpha value is 1.96. The largest absolute Gasteiger partial charge is 1.00 e. The van der Waals surface area contributed by atoms with Crippen LogP contribution >= 0.6 is 0 Å². The van der Waals surface area contributed by atoms with Crippen molar-refractivity contribution in [2.75, 3.05) is 0 Å². The van der Waals surface area contributed by atoms with Gasteiger partial charge in [-0.2, -0.15) is 0 Å². The summed E-state index contributed by atoms with van der Waals surface area (Å²) in [5.41, 5.74) is 0. The van der Waals surface area contributed by atoms with Crippen molar-refractivity contribution in [2.24, 2.45) is 0 Å². The maximum atomic E-state index is 8.58. The van der Waals surface area contributed by atoms with E-state index in [4.69, 9.17) is 16.8 Å². The van der Waals surface area contributed by atoms with Crippen LogP contribution in [0.5, 0.6) is 0 Å². The minimum absolute atomic E-state index is 0. The normalized spacial score (nSPS) is 10.0. The second kappa shape index (κ2) is 3.90. The number of halogens is 1. The predicted molar refractivity (Wildman–Crippen MR) is 0 cm³/mol. The molecule has 6 heteroatoms. The molecule has 0 bridgehead atoms. The molecule has 0 N–H and O–H groups in total. The number of hydrogen-bond donors (Lipinski definition) is 0. The molecule has 0 heterocycles. The SMILES string of the molecule is [K+].[O-][Br+3]([O-])([O-])[O-]. The standard InChI is InChI=1S/BrO4.K/c2-1(3,4)5;/q-1;+1. The van der Waals surface area contributed by atoms with Gasteiger partial charge in [0.15, 0.2) is 0 Å². The van der Waals surface area contributed by atoms with Crippen LogP contribution in [0.3, 0.4) is 0 Å². The molecule has 4 nitrogen and oxygen atoms in total. The molecule has 0 saturated heterocycles. The van der Waals surface area contributed by atoms with E-state index < -0.39 is 14.1 Å². The third-order valence-electron chi connectivity index (χ3n) is 0. The average molecular weight is 183 g/mol. The second-order valence-electron chi connectivity index (χ2n) is 0.378. The predicted octanol–water partition coefficient (Wildman–Crippen LogP) is -7.75. The van der Waals surface area contributed by atoms with Gasteiger partial charge in [-0.15, -0.1) is 0 Å². The van der Waals surface area contributed by atoms with E-state index >= 15 is 0 Å². The van der Waals surface area contributed by atoms with Crippen molar-refractivity contribution in [3.05, 3.63) is 0 Å². The summed E-state index contributed by atoms with van der Waals surface area (Å²) in [5, 5.41) is 0. The summed E-state index contributed by atoms with van der Waals surface area (Å²) in [6.07, 6.45) is 0. The van der Waals surface area contributed by atoms with Crippen LogP contribution in [0, 0.1) is 14.1 Å². The molecule has 0 spiro atoms. The fourth-order valence-electron chi connectivity index (χ4n) is 0. The summed E-state index contributed by atoms with van der Waals surface area (Å²) in [7, 11) is 0. The zero-order chi connectivity index (χ0) is 4.50. The van der Waals surface area contributed by atoms with Gasteiger partial charge in [-0.05, 0) is 0 Å². The molecule has 0 radical (unpaired) electrons. The Labute approximate surface area is 80.7 Å². The summed E-state index contributed by atoms with van der Waals surface area (Å²) < 4.78 is 34.3. The Morgan fingerprint density at radius 2 is 0.833 bits per heavy atom. The van der Waals surface area contributed by atoms with E-state index in [2.05, 4.69) is 0 Å². The van der Waals surface area contributed by atoms with Gasteiger partial charge in [0.1, 0.15) is 0 Å². The molecule has 0 aromatic carbocycles. The molecule has 32 valence electrons. The topological polar surface area (TPSA) is 92.2 Å². The zero-order valence-electron chi connectivity index (χ0n) is 3.01. The van der Waals surface area contributed by atoms with Gasteiger partial charge in [0.05, 0.1) is 14.1 Å². The summed E-state index contributed by atoms with van der Waals surface area (Å²) >= 11 is -5.62. The molecule has 0 aromatic rings. The van der Waals surface area contributed by atoms with Crippen LogP contribution in [-0.2, 0) is 0 Å². The molecule has 0 amide bonds. The molecule has 0 aliphatic rings. The van der Waals surface area contributed by atoms with E-state index in [0.29, 0.717) is 0 Å². The van der Waals surface area contributed by atoms with Crippen LogP contribution < -0.4 is 68.2 Å². The van der Waals surface area contributed by atoms with Gasteiger partial charge < -0.3 is 0 Å². The molecule has 0 aliphatic heterocycles. The van der Waals surface area contributed by atoms with Gasteiger partial charge in [-0.25, -0.2) is 0 Å². The van der Waals surface area contributed by atoms with Crippen LogP contribution in [0.15, 0.2) is 0 Å². The molecule has 0 rings (SSSR count). The second-order valence-corrected chi connectivity index (χ2v) is 1.96. The number of rotatable bonds is 0. The Morgan fingerprint density at radius 3 is 0.833 bits per heavy atom. The van der Waals surface area contributed by atoms with Gasteiger partial charge in [-0.1, -0.05) is 0 Å². The molecular weight excluding hydrogens is 183 g/mol. The summed E-state index contributed by atoms with van der Waals surface area (Å²) in [6, 6.07) is 0. The first-order valence-corrected chi connectivity index (χ1v) is 3.21. The van der Waals surface area contributed by atoms with Crippen molar-refractivity contribution in [1.29, 1.82) is 0 Å². The van der Waals surface area contributed by atoms with Crippen molar-refractivity contribution in [2.45, 2.75) is 0 Å². The molecule has 6 heavy (non-hydrogen) atoms. The summed E-state index contributed by atoms with van der Waals surface area (Å²) in [5.74, 6) is 0. The molecule has 0 atom stereocenters. The Balaban J connectivity index is 0. The van der Waals surface area contributed by atoms with E-state index in [9.17, 15) is 0 Å². The van der Waals surface area contributed by atoms with E-state index in [1.54, 1.807) is 0 Å². The monoisotopic (exact) mass is 182 g/mol. The number of hydrogen-bond acceptors (Lipinski definition) is 4. The first-order valence-electron chi connectivity index (χ1n) is 0.617. The third kappa shape index (κ3) is 38.2. The van der Waals surface area contributed by atoms with Crippen LogP contribution in [0.2, 0.25) is 0 Å². The minimum atomic E-state index is -5.62. The first-order chi connectivity index (χ1) is 2.00. The fourth-order valence-corrected chi connectivity index (χ4v) is 0. The van der Waals surface area contributed by atoms with Crippen LogP contribution in [0.25, 0.3) is 0 Å². The quantitative estimate of drug-likeness (QED) is 0.348. The minimum Gasteiger partial charge on any atom is -0.264 e.